The summed E-state index contributed by atoms with van der Waals surface area (Å²) in [5.74, 6) is -0.0372. The minimum absolute atomic E-state index is 0.0249. The first-order chi connectivity index (χ1) is 12.8. The summed E-state index contributed by atoms with van der Waals surface area (Å²) in [7, 11) is -1.94. The van der Waals surface area contributed by atoms with Gasteiger partial charge in [-0.25, -0.2) is 17.8 Å². The summed E-state index contributed by atoms with van der Waals surface area (Å²) in [6, 6.07) is 2.90. The van der Waals surface area contributed by atoms with E-state index >= 15 is 0 Å². The van der Waals surface area contributed by atoms with Gasteiger partial charge in [0.05, 0.1) is 5.52 Å². The number of hydrogen-bond donors (Lipinski definition) is 1. The van der Waals surface area contributed by atoms with Gasteiger partial charge in [0.2, 0.25) is 0 Å². The van der Waals surface area contributed by atoms with Crippen LogP contribution in [0, 0.1) is 18.2 Å². The number of halogens is 1. The molecule has 142 valence electrons. The Morgan fingerprint density at radius 1 is 1.26 bits per heavy atom. The molecule has 2 fully saturated rings. The molecule has 1 aliphatic carbocycles. The Morgan fingerprint density at radius 3 is 2.67 bits per heavy atom. The number of hydrogen-bond acceptors (Lipinski definition) is 4. The molecule has 2 aromatic heterocycles. The summed E-state index contributed by atoms with van der Waals surface area (Å²) in [6.07, 6.45) is 4.65. The lowest BCUT2D eigenvalue weighted by atomic mass is 10.0. The Kier molecular flexibility index (Phi) is 3.37. The SMILES string of the molecule is Cc1cc(F)c2[nH]c(S(=O)(=O)N3CCC4(CC4)C3)cc2c1-c1ncn(C)n1. The average Bonchev–Trinajstić information content (AvgIpc) is 2.96. The molecule has 3 aromatic rings. The maximum Gasteiger partial charge on any atom is 0.258 e. The molecule has 9 heteroatoms. The molecule has 1 aliphatic heterocycles. The monoisotopic (exact) mass is 389 g/mol. The van der Waals surface area contributed by atoms with E-state index in [-0.39, 0.29) is 16.0 Å². The molecular weight excluding hydrogens is 369 g/mol. The van der Waals surface area contributed by atoms with Crippen LogP contribution in [0.15, 0.2) is 23.5 Å². The largest absolute Gasteiger partial charge is 0.342 e. The summed E-state index contributed by atoms with van der Waals surface area (Å²) in [5, 5.41) is 4.82. The molecule has 0 unspecified atom stereocenters. The van der Waals surface area contributed by atoms with Crippen molar-refractivity contribution < 1.29 is 12.8 Å². The van der Waals surface area contributed by atoms with Gasteiger partial charge in [0.15, 0.2) is 5.82 Å². The predicted octanol–water partition coefficient (Wildman–Crippen LogP) is 2.59. The summed E-state index contributed by atoms with van der Waals surface area (Å²) < 4.78 is 43.9. The Morgan fingerprint density at radius 2 is 2.04 bits per heavy atom. The molecule has 3 heterocycles. The van der Waals surface area contributed by atoms with Gasteiger partial charge < -0.3 is 4.98 Å². The van der Waals surface area contributed by atoms with Crippen molar-refractivity contribution in [1.29, 1.82) is 0 Å². The number of rotatable bonds is 3. The fraction of sp³-hybridized carbons (Fsp3) is 0.444. The van der Waals surface area contributed by atoms with E-state index in [1.54, 1.807) is 25.0 Å². The van der Waals surface area contributed by atoms with Crippen molar-refractivity contribution >= 4 is 20.9 Å². The highest BCUT2D eigenvalue weighted by molar-refractivity contribution is 7.89. The molecule has 0 amide bonds. The van der Waals surface area contributed by atoms with Crippen LogP contribution < -0.4 is 0 Å². The molecule has 1 aromatic carbocycles. The molecule has 5 rings (SSSR count). The molecule has 27 heavy (non-hydrogen) atoms. The second kappa shape index (κ2) is 5.39. The van der Waals surface area contributed by atoms with E-state index in [0.29, 0.717) is 35.4 Å². The van der Waals surface area contributed by atoms with Crippen molar-refractivity contribution in [3.8, 4) is 11.4 Å². The molecular formula is C18H20FN5O2S. The highest BCUT2D eigenvalue weighted by atomic mass is 32.2. The van der Waals surface area contributed by atoms with Crippen LogP contribution in [0.2, 0.25) is 0 Å². The molecule has 0 atom stereocenters. The standard InChI is InChI=1S/C18H20FN5O2S/c1-11-7-13(19)16-12(15(11)17-20-10-23(2)22-17)8-14(21-16)27(25,26)24-6-5-18(9-24)3-4-18/h7-8,10,21H,3-6,9H2,1-2H3. The number of nitrogens with zero attached hydrogens (tertiary/aromatic N) is 4. The van der Waals surface area contributed by atoms with Gasteiger partial charge in [-0.05, 0) is 49.3 Å². The highest BCUT2D eigenvalue weighted by Gasteiger charge is 2.50. The highest BCUT2D eigenvalue weighted by Crippen LogP contribution is 2.53. The molecule has 0 bridgehead atoms. The Balaban J connectivity index is 1.66. The van der Waals surface area contributed by atoms with Crippen LogP contribution in [0.3, 0.4) is 0 Å². The van der Waals surface area contributed by atoms with E-state index in [2.05, 4.69) is 15.1 Å². The second-order valence-electron chi connectivity index (χ2n) is 7.80. The average molecular weight is 389 g/mol. The van der Waals surface area contributed by atoms with E-state index in [1.807, 2.05) is 0 Å². The van der Waals surface area contributed by atoms with Crippen LogP contribution in [0.5, 0.6) is 0 Å². The van der Waals surface area contributed by atoms with E-state index in [0.717, 1.165) is 19.3 Å². The number of sulfonamides is 1. The minimum Gasteiger partial charge on any atom is -0.342 e. The molecule has 2 aliphatic rings. The first-order valence-corrected chi connectivity index (χ1v) is 10.4. The lowest BCUT2D eigenvalue weighted by molar-refractivity contribution is 0.449. The van der Waals surface area contributed by atoms with Crippen LogP contribution in [0.1, 0.15) is 24.8 Å². The van der Waals surface area contributed by atoms with Crippen molar-refractivity contribution in [3.05, 3.63) is 29.8 Å². The molecule has 1 saturated carbocycles. The van der Waals surface area contributed by atoms with Crippen LogP contribution in [0.25, 0.3) is 22.3 Å². The van der Waals surface area contributed by atoms with Gasteiger partial charge in [0.25, 0.3) is 10.0 Å². The van der Waals surface area contributed by atoms with Crippen molar-refractivity contribution in [2.75, 3.05) is 13.1 Å². The first kappa shape index (κ1) is 16.9. The number of aromatic nitrogens is 4. The molecule has 7 nitrogen and oxygen atoms in total. The number of benzene rings is 1. The number of aromatic amines is 1. The predicted molar refractivity (Wildman–Crippen MR) is 98.0 cm³/mol. The van der Waals surface area contributed by atoms with Crippen LogP contribution >= 0.6 is 0 Å². The van der Waals surface area contributed by atoms with Crippen LogP contribution in [0.4, 0.5) is 4.39 Å². The minimum atomic E-state index is -3.69. The van der Waals surface area contributed by atoms with Crippen molar-refractivity contribution in [1.82, 2.24) is 24.1 Å². The smallest absolute Gasteiger partial charge is 0.258 e. The molecule has 1 spiro atoms. The van der Waals surface area contributed by atoms with Crippen LogP contribution in [-0.2, 0) is 17.1 Å². The number of nitrogens with one attached hydrogen (secondary N) is 1. The third-order valence-corrected chi connectivity index (χ3v) is 7.61. The fourth-order valence-corrected chi connectivity index (χ4v) is 5.63. The topological polar surface area (TPSA) is 83.9 Å². The maximum absolute atomic E-state index is 14.6. The van der Waals surface area contributed by atoms with Gasteiger partial charge in [-0.15, -0.1) is 0 Å². The normalized spacial score (nSPS) is 19.4. The summed E-state index contributed by atoms with van der Waals surface area (Å²) in [6.45, 7) is 2.85. The maximum atomic E-state index is 14.6. The van der Waals surface area contributed by atoms with Crippen molar-refractivity contribution in [3.63, 3.8) is 0 Å². The lowest BCUT2D eigenvalue weighted by Gasteiger charge is -2.14. The number of H-pyrrole nitrogens is 1. The number of aryl methyl sites for hydroxylation is 2. The molecule has 1 N–H and O–H groups in total. The summed E-state index contributed by atoms with van der Waals surface area (Å²) in [5.41, 5.74) is 1.66. The zero-order valence-corrected chi connectivity index (χ0v) is 16.0. The molecule has 0 radical (unpaired) electrons. The zero-order valence-electron chi connectivity index (χ0n) is 15.2. The Hall–Kier alpha value is -2.26. The first-order valence-electron chi connectivity index (χ1n) is 8.97. The third-order valence-electron chi connectivity index (χ3n) is 5.84. The van der Waals surface area contributed by atoms with E-state index in [1.165, 1.54) is 16.4 Å². The van der Waals surface area contributed by atoms with Gasteiger partial charge >= 0.3 is 0 Å². The third kappa shape index (κ3) is 2.52. The van der Waals surface area contributed by atoms with Gasteiger partial charge in [0, 0.05) is 31.1 Å². The quantitative estimate of drug-likeness (QED) is 0.746. The van der Waals surface area contributed by atoms with Gasteiger partial charge in [-0.1, -0.05) is 0 Å². The lowest BCUT2D eigenvalue weighted by Crippen LogP contribution is -2.29. The fourth-order valence-electron chi connectivity index (χ4n) is 4.08. The van der Waals surface area contributed by atoms with E-state index in [9.17, 15) is 12.8 Å². The van der Waals surface area contributed by atoms with Crippen molar-refractivity contribution in [2.24, 2.45) is 12.5 Å². The molecule has 1 saturated heterocycles. The van der Waals surface area contributed by atoms with Crippen LogP contribution in [-0.4, -0.2) is 45.6 Å². The van der Waals surface area contributed by atoms with Gasteiger partial charge in [-0.2, -0.15) is 9.40 Å². The number of fused-ring (bicyclic) bond motifs is 1. The van der Waals surface area contributed by atoms with E-state index in [4.69, 9.17) is 0 Å². The van der Waals surface area contributed by atoms with Crippen molar-refractivity contribution in [2.45, 2.75) is 31.2 Å². The van der Waals surface area contributed by atoms with Gasteiger partial charge in [-0.3, -0.25) is 4.68 Å². The summed E-state index contributed by atoms with van der Waals surface area (Å²) in [4.78, 5) is 7.06. The van der Waals surface area contributed by atoms with E-state index < -0.39 is 15.8 Å². The van der Waals surface area contributed by atoms with Gasteiger partial charge in [0.1, 0.15) is 17.2 Å². The Labute approximate surface area is 156 Å². The zero-order chi connectivity index (χ0) is 19.0. The second-order valence-corrected chi connectivity index (χ2v) is 9.71. The summed E-state index contributed by atoms with van der Waals surface area (Å²) >= 11 is 0. The Bertz CT molecular complexity index is 1180.